The number of aliphatic imine (C=N–C) groups is 1. The second kappa shape index (κ2) is 12.7. The summed E-state index contributed by atoms with van der Waals surface area (Å²) in [6.45, 7) is 1.80. The van der Waals surface area contributed by atoms with Gasteiger partial charge in [0.15, 0.2) is 0 Å². The Kier molecular flexibility index (Phi) is 10.2. The summed E-state index contributed by atoms with van der Waals surface area (Å²) in [6, 6.07) is 0.899. The molecule has 188 valence electrons. The fourth-order valence-corrected chi connectivity index (χ4v) is 4.60. The van der Waals surface area contributed by atoms with E-state index in [0.717, 1.165) is 56.5 Å². The molecule has 2 fully saturated rings. The lowest BCUT2D eigenvalue weighted by molar-refractivity contribution is -0.135. The third-order valence-corrected chi connectivity index (χ3v) is 6.32. The number of anilines is 1. The van der Waals surface area contributed by atoms with Crippen molar-refractivity contribution in [3.63, 3.8) is 0 Å². The van der Waals surface area contributed by atoms with Gasteiger partial charge >= 0.3 is 5.97 Å². The lowest BCUT2D eigenvalue weighted by atomic mass is 9.83. The quantitative estimate of drug-likeness (QED) is 0.331. The number of aliphatic carboxylic acids is 1. The van der Waals surface area contributed by atoms with Gasteiger partial charge in [-0.3, -0.25) is 19.4 Å². The van der Waals surface area contributed by atoms with Crippen LogP contribution in [0.25, 0.3) is 0 Å². The standard InChI is InChI=1S/C23H34N6O4.ClH/c1-14(24)22(32)28-20(26-13-19(30)31)16-11-17(15-7-4-3-5-8-15)21(27-12-16)29-10-6-9-18(29)23(33)25-2;/h11-12,14-15,18H,3-10,13,24H2,1-2H3,(H,25,33)(H,30,31)(H,26,28,32);1H/t14-,18-;/m0./s1. The van der Waals surface area contributed by atoms with E-state index in [2.05, 4.69) is 20.5 Å². The maximum atomic E-state index is 12.5. The highest BCUT2D eigenvalue weighted by Crippen LogP contribution is 2.39. The molecule has 1 saturated heterocycles. The van der Waals surface area contributed by atoms with Gasteiger partial charge in [0.25, 0.3) is 0 Å². The zero-order valence-electron chi connectivity index (χ0n) is 19.7. The maximum absolute atomic E-state index is 12.5. The van der Waals surface area contributed by atoms with Gasteiger partial charge in [-0.1, -0.05) is 19.3 Å². The smallest absolute Gasteiger partial charge is 0.325 e. The molecule has 5 N–H and O–H groups in total. The molecule has 1 saturated carbocycles. The van der Waals surface area contributed by atoms with Gasteiger partial charge in [-0.15, -0.1) is 12.4 Å². The summed E-state index contributed by atoms with van der Waals surface area (Å²) in [4.78, 5) is 46.8. The molecule has 2 amide bonds. The molecule has 0 radical (unpaired) electrons. The number of aromatic nitrogens is 1. The molecule has 10 nitrogen and oxygen atoms in total. The van der Waals surface area contributed by atoms with Crippen molar-refractivity contribution in [3.8, 4) is 0 Å². The number of halogens is 1. The highest BCUT2D eigenvalue weighted by Gasteiger charge is 2.34. The summed E-state index contributed by atoms with van der Waals surface area (Å²) in [5.74, 6) is -0.391. The van der Waals surface area contributed by atoms with E-state index in [-0.39, 0.29) is 36.1 Å². The van der Waals surface area contributed by atoms with Gasteiger partial charge in [0.1, 0.15) is 24.2 Å². The fraction of sp³-hybridized carbons (Fsp3) is 0.609. The van der Waals surface area contributed by atoms with Gasteiger partial charge < -0.3 is 26.4 Å². The molecule has 1 aliphatic carbocycles. The van der Waals surface area contributed by atoms with Crippen LogP contribution in [0.3, 0.4) is 0 Å². The first kappa shape index (κ1) is 27.5. The topological polar surface area (TPSA) is 150 Å². The minimum Gasteiger partial charge on any atom is -0.480 e. The molecule has 2 heterocycles. The van der Waals surface area contributed by atoms with Gasteiger partial charge in [-0.25, -0.2) is 4.98 Å². The van der Waals surface area contributed by atoms with Crippen molar-refractivity contribution in [1.29, 1.82) is 0 Å². The fourth-order valence-electron chi connectivity index (χ4n) is 4.60. The molecule has 1 aromatic heterocycles. The summed E-state index contributed by atoms with van der Waals surface area (Å²) in [6.07, 6.45) is 8.73. The molecule has 1 aliphatic heterocycles. The van der Waals surface area contributed by atoms with Crippen LogP contribution in [0.1, 0.15) is 68.9 Å². The van der Waals surface area contributed by atoms with Crippen molar-refractivity contribution < 1.29 is 19.5 Å². The van der Waals surface area contributed by atoms with Gasteiger partial charge in [0.2, 0.25) is 11.8 Å². The second-order valence-corrected chi connectivity index (χ2v) is 8.77. The first-order chi connectivity index (χ1) is 15.8. The minimum atomic E-state index is -1.11. The number of nitrogens with two attached hydrogens (primary N) is 1. The molecular weight excluding hydrogens is 460 g/mol. The van der Waals surface area contributed by atoms with Crippen molar-refractivity contribution in [2.75, 3.05) is 25.0 Å². The van der Waals surface area contributed by atoms with E-state index in [1.165, 1.54) is 6.42 Å². The van der Waals surface area contributed by atoms with Crippen LogP contribution in [0.5, 0.6) is 0 Å². The van der Waals surface area contributed by atoms with E-state index < -0.39 is 24.5 Å². The number of pyridine rings is 1. The van der Waals surface area contributed by atoms with E-state index in [9.17, 15) is 14.4 Å². The number of rotatable bonds is 7. The highest BCUT2D eigenvalue weighted by molar-refractivity contribution is 6.09. The van der Waals surface area contributed by atoms with Crippen molar-refractivity contribution in [3.05, 3.63) is 23.4 Å². The number of amidine groups is 1. The predicted molar refractivity (Wildman–Crippen MR) is 133 cm³/mol. The molecule has 3 rings (SSSR count). The number of carbonyl (C=O) groups is 3. The van der Waals surface area contributed by atoms with Gasteiger partial charge in [0, 0.05) is 25.4 Å². The van der Waals surface area contributed by atoms with Gasteiger partial charge in [-0.05, 0) is 50.2 Å². The molecular formula is C23H35ClN6O4. The van der Waals surface area contributed by atoms with E-state index in [1.807, 2.05) is 6.07 Å². The number of likely N-dealkylation sites (N-methyl/N-ethyl adjacent to an activating group) is 1. The van der Waals surface area contributed by atoms with E-state index in [1.54, 1.807) is 20.2 Å². The van der Waals surface area contributed by atoms with Crippen LogP contribution in [0, 0.1) is 0 Å². The Morgan fingerprint density at radius 1 is 1.24 bits per heavy atom. The Labute approximate surface area is 206 Å². The number of amides is 2. The number of nitrogens with one attached hydrogen (secondary N) is 2. The summed E-state index contributed by atoms with van der Waals surface area (Å²) in [7, 11) is 1.64. The molecule has 0 unspecified atom stereocenters. The third kappa shape index (κ3) is 6.66. The molecule has 2 aliphatic rings. The highest BCUT2D eigenvalue weighted by atomic mass is 35.5. The van der Waals surface area contributed by atoms with Crippen molar-refractivity contribution in [2.24, 2.45) is 10.7 Å². The first-order valence-electron chi connectivity index (χ1n) is 11.6. The second-order valence-electron chi connectivity index (χ2n) is 8.77. The van der Waals surface area contributed by atoms with Crippen molar-refractivity contribution in [2.45, 2.75) is 69.9 Å². The van der Waals surface area contributed by atoms with Crippen molar-refractivity contribution in [1.82, 2.24) is 15.6 Å². The number of carboxylic acid groups (broad SMARTS) is 1. The van der Waals surface area contributed by atoms with E-state index in [0.29, 0.717) is 5.56 Å². The van der Waals surface area contributed by atoms with Gasteiger partial charge in [-0.2, -0.15) is 0 Å². The van der Waals surface area contributed by atoms with Crippen LogP contribution >= 0.6 is 12.4 Å². The van der Waals surface area contributed by atoms with Crippen LogP contribution in [0.15, 0.2) is 17.3 Å². The average molecular weight is 495 g/mol. The Hall–Kier alpha value is -2.72. The van der Waals surface area contributed by atoms with Crippen molar-refractivity contribution >= 4 is 41.8 Å². The van der Waals surface area contributed by atoms with Crippen LogP contribution < -0.4 is 21.3 Å². The molecule has 0 bridgehead atoms. The van der Waals surface area contributed by atoms with Gasteiger partial charge in [0.05, 0.1) is 6.04 Å². The molecule has 2 atom stereocenters. The van der Waals surface area contributed by atoms with Crippen LogP contribution in [0.4, 0.5) is 5.82 Å². The Bertz CT molecular complexity index is 917. The van der Waals surface area contributed by atoms with Crippen LogP contribution in [-0.2, 0) is 14.4 Å². The lowest BCUT2D eigenvalue weighted by Gasteiger charge is -2.31. The first-order valence-corrected chi connectivity index (χ1v) is 11.6. The zero-order valence-corrected chi connectivity index (χ0v) is 20.6. The molecule has 11 heteroatoms. The summed E-state index contributed by atoms with van der Waals surface area (Å²) < 4.78 is 0. The maximum Gasteiger partial charge on any atom is 0.325 e. The normalized spacial score (nSPS) is 19.8. The number of hydrogen-bond acceptors (Lipinski definition) is 7. The third-order valence-electron chi connectivity index (χ3n) is 6.32. The van der Waals surface area contributed by atoms with E-state index in [4.69, 9.17) is 15.8 Å². The molecule has 0 aromatic carbocycles. The number of carbonyl (C=O) groups excluding carboxylic acids is 2. The zero-order chi connectivity index (χ0) is 24.0. The number of hydrogen-bond donors (Lipinski definition) is 4. The molecule has 34 heavy (non-hydrogen) atoms. The monoisotopic (exact) mass is 494 g/mol. The number of carboxylic acids is 1. The Balaban J connectivity index is 0.00000408. The molecule has 0 spiro atoms. The van der Waals surface area contributed by atoms with Crippen LogP contribution in [0.2, 0.25) is 0 Å². The lowest BCUT2D eigenvalue weighted by Crippen LogP contribution is -2.43. The summed E-state index contributed by atoms with van der Waals surface area (Å²) in [5.41, 5.74) is 7.23. The number of nitrogens with zero attached hydrogens (tertiary/aromatic N) is 3. The minimum absolute atomic E-state index is 0. The Morgan fingerprint density at radius 3 is 2.56 bits per heavy atom. The van der Waals surface area contributed by atoms with Crippen LogP contribution in [-0.4, -0.2) is 65.9 Å². The summed E-state index contributed by atoms with van der Waals surface area (Å²) in [5, 5.41) is 14.5. The summed E-state index contributed by atoms with van der Waals surface area (Å²) >= 11 is 0. The molecule has 1 aromatic rings. The SMILES string of the molecule is CNC(=O)[C@@H]1CCCN1c1ncc(C(=NCC(=O)O)NC(=O)[C@H](C)N)cc1C1CCCCC1.Cl. The predicted octanol–water partition coefficient (Wildman–Crippen LogP) is 1.56. The largest absolute Gasteiger partial charge is 0.480 e. The average Bonchev–Trinajstić information content (AvgIpc) is 3.31. The van der Waals surface area contributed by atoms with E-state index >= 15 is 0 Å². The Morgan fingerprint density at radius 2 is 1.94 bits per heavy atom.